The molecule has 1 aliphatic carbocycles. The normalized spacial score (nSPS) is 29.6. The van der Waals surface area contributed by atoms with Gasteiger partial charge in [0.25, 0.3) is 0 Å². The maximum absolute atomic E-state index is 11.4. The van der Waals surface area contributed by atoms with Gasteiger partial charge in [-0.25, -0.2) is 0 Å². The lowest BCUT2D eigenvalue weighted by atomic mass is 9.62. The fourth-order valence-electron chi connectivity index (χ4n) is 2.61. The molecule has 2 aliphatic rings. The zero-order valence-electron chi connectivity index (χ0n) is 8.12. The van der Waals surface area contributed by atoms with Gasteiger partial charge in [-0.05, 0) is 25.2 Å². The maximum Gasteiger partial charge on any atom is 0.331 e. The summed E-state index contributed by atoms with van der Waals surface area (Å²) in [7, 11) is 0. The third-order valence-electron chi connectivity index (χ3n) is 3.44. The predicted molar refractivity (Wildman–Crippen MR) is 50.3 cm³/mol. The van der Waals surface area contributed by atoms with E-state index in [1.54, 1.807) is 6.08 Å². The summed E-state index contributed by atoms with van der Waals surface area (Å²) in [5, 5.41) is 0. The number of carbonyl (C=O) groups excluding carboxylic acids is 2. The molecule has 1 aliphatic heterocycles. The summed E-state index contributed by atoms with van der Waals surface area (Å²) in [5.74, 6) is -0.495. The van der Waals surface area contributed by atoms with Crippen molar-refractivity contribution in [1.29, 1.82) is 0 Å². The number of esters is 2. The molecular weight excluding hydrogens is 180 g/mol. The molecule has 1 unspecified atom stereocenters. The summed E-state index contributed by atoms with van der Waals surface area (Å²) in [6.45, 7) is 3.67. The van der Waals surface area contributed by atoms with Gasteiger partial charge < -0.3 is 4.74 Å². The van der Waals surface area contributed by atoms with Crippen molar-refractivity contribution < 1.29 is 14.3 Å². The van der Waals surface area contributed by atoms with E-state index in [1.807, 2.05) is 0 Å². The molecule has 76 valence electrons. The highest BCUT2D eigenvalue weighted by Crippen LogP contribution is 2.50. The predicted octanol–water partition coefficient (Wildman–Crippen LogP) is 1.82. The van der Waals surface area contributed by atoms with E-state index in [0.29, 0.717) is 6.42 Å². The molecule has 1 saturated carbocycles. The van der Waals surface area contributed by atoms with Crippen LogP contribution in [0.25, 0.3) is 0 Å². The first-order valence-corrected chi connectivity index (χ1v) is 5.09. The summed E-state index contributed by atoms with van der Waals surface area (Å²) in [6.07, 6.45) is 6.18. The summed E-state index contributed by atoms with van der Waals surface area (Å²) in [6, 6.07) is 0. The summed E-state index contributed by atoms with van der Waals surface area (Å²) in [4.78, 5) is 22.9. The average molecular weight is 194 g/mol. The molecule has 1 saturated heterocycles. The largest absolute Gasteiger partial charge is 0.391 e. The van der Waals surface area contributed by atoms with E-state index in [4.69, 9.17) is 0 Å². The van der Waals surface area contributed by atoms with Crippen molar-refractivity contribution in [3.8, 4) is 0 Å². The summed E-state index contributed by atoms with van der Waals surface area (Å²) < 4.78 is 4.50. The van der Waals surface area contributed by atoms with E-state index in [0.717, 1.165) is 25.7 Å². The topological polar surface area (TPSA) is 43.4 Å². The number of ether oxygens (including phenoxy) is 1. The van der Waals surface area contributed by atoms with Crippen molar-refractivity contribution in [2.75, 3.05) is 0 Å². The Morgan fingerprint density at radius 2 is 2.14 bits per heavy atom. The van der Waals surface area contributed by atoms with Gasteiger partial charge in [0.05, 0.1) is 0 Å². The van der Waals surface area contributed by atoms with Crippen LogP contribution >= 0.6 is 0 Å². The number of hydrogen-bond acceptors (Lipinski definition) is 3. The molecule has 0 bridgehead atoms. The van der Waals surface area contributed by atoms with Gasteiger partial charge in [-0.1, -0.05) is 18.9 Å². The Bertz CT molecular complexity index is 279. The van der Waals surface area contributed by atoms with Crippen LogP contribution in [0.1, 0.15) is 32.1 Å². The molecule has 0 aromatic heterocycles. The Labute approximate surface area is 83.1 Å². The lowest BCUT2D eigenvalue weighted by Crippen LogP contribution is -2.58. The Morgan fingerprint density at radius 3 is 2.71 bits per heavy atom. The van der Waals surface area contributed by atoms with Crippen LogP contribution in [0.3, 0.4) is 0 Å². The summed E-state index contributed by atoms with van der Waals surface area (Å²) >= 11 is 0. The quantitative estimate of drug-likeness (QED) is 0.382. The monoisotopic (exact) mass is 194 g/mol. The zero-order chi connectivity index (χ0) is 10.2. The van der Waals surface area contributed by atoms with Crippen LogP contribution in [0.2, 0.25) is 0 Å². The highest BCUT2D eigenvalue weighted by atomic mass is 16.6. The molecule has 0 radical (unpaired) electrons. The van der Waals surface area contributed by atoms with Crippen LogP contribution in [0.4, 0.5) is 0 Å². The van der Waals surface area contributed by atoms with Gasteiger partial charge in [-0.15, -0.1) is 6.58 Å². The van der Waals surface area contributed by atoms with Crippen LogP contribution in [-0.2, 0) is 14.3 Å². The van der Waals surface area contributed by atoms with E-state index in [-0.39, 0.29) is 17.9 Å². The highest BCUT2D eigenvalue weighted by molar-refractivity contribution is 6.14. The Balaban J connectivity index is 2.24. The van der Waals surface area contributed by atoms with Gasteiger partial charge in [0.1, 0.15) is 0 Å². The molecule has 0 aromatic rings. The molecule has 1 heterocycles. The standard InChI is InChI=1S/C11H14O3/c1-2-5-8-6-3-4-7-11(8)9(12)14-10(11)13/h2,8H,1,3-7H2. The Kier molecular flexibility index (Phi) is 2.17. The maximum atomic E-state index is 11.4. The van der Waals surface area contributed by atoms with Crippen LogP contribution in [0.5, 0.6) is 0 Å². The molecule has 14 heavy (non-hydrogen) atoms. The van der Waals surface area contributed by atoms with E-state index in [2.05, 4.69) is 11.3 Å². The van der Waals surface area contributed by atoms with E-state index in [9.17, 15) is 9.59 Å². The Morgan fingerprint density at radius 1 is 1.43 bits per heavy atom. The van der Waals surface area contributed by atoms with E-state index < -0.39 is 5.41 Å². The van der Waals surface area contributed by atoms with Gasteiger partial charge in [0.2, 0.25) is 0 Å². The molecule has 1 spiro atoms. The Hall–Kier alpha value is -1.12. The number of cyclic esters (lactones) is 2. The molecule has 2 rings (SSSR count). The van der Waals surface area contributed by atoms with Gasteiger partial charge >= 0.3 is 11.9 Å². The van der Waals surface area contributed by atoms with Crippen LogP contribution in [-0.4, -0.2) is 11.9 Å². The minimum atomic E-state index is -0.785. The highest BCUT2D eigenvalue weighted by Gasteiger charge is 2.62. The number of hydrogen-bond donors (Lipinski definition) is 0. The van der Waals surface area contributed by atoms with Crippen molar-refractivity contribution >= 4 is 11.9 Å². The molecule has 1 atom stereocenters. The lowest BCUT2D eigenvalue weighted by molar-refractivity contribution is -0.205. The van der Waals surface area contributed by atoms with Crippen LogP contribution < -0.4 is 0 Å². The number of allylic oxidation sites excluding steroid dienone is 1. The zero-order valence-corrected chi connectivity index (χ0v) is 8.12. The van der Waals surface area contributed by atoms with Gasteiger partial charge in [0.15, 0.2) is 5.41 Å². The van der Waals surface area contributed by atoms with E-state index >= 15 is 0 Å². The first-order chi connectivity index (χ1) is 6.71. The molecule has 3 heteroatoms. The van der Waals surface area contributed by atoms with Crippen molar-refractivity contribution in [2.24, 2.45) is 11.3 Å². The lowest BCUT2D eigenvalue weighted by Gasteiger charge is -2.44. The molecule has 3 nitrogen and oxygen atoms in total. The number of rotatable bonds is 2. The first-order valence-electron chi connectivity index (χ1n) is 5.09. The molecule has 0 aromatic carbocycles. The molecule has 0 N–H and O–H groups in total. The molecule has 0 amide bonds. The van der Waals surface area contributed by atoms with Gasteiger partial charge in [-0.2, -0.15) is 0 Å². The number of carbonyl (C=O) groups is 2. The van der Waals surface area contributed by atoms with Crippen LogP contribution in [0.15, 0.2) is 12.7 Å². The molecule has 2 fully saturated rings. The second-order valence-electron chi connectivity index (χ2n) is 4.12. The van der Waals surface area contributed by atoms with Crippen molar-refractivity contribution in [1.82, 2.24) is 0 Å². The minimum Gasteiger partial charge on any atom is -0.391 e. The fraction of sp³-hybridized carbons (Fsp3) is 0.636. The molecular formula is C11H14O3. The fourth-order valence-corrected chi connectivity index (χ4v) is 2.61. The first kappa shape index (κ1) is 9.44. The van der Waals surface area contributed by atoms with Crippen LogP contribution in [0, 0.1) is 11.3 Å². The van der Waals surface area contributed by atoms with Crippen molar-refractivity contribution in [2.45, 2.75) is 32.1 Å². The van der Waals surface area contributed by atoms with Crippen molar-refractivity contribution in [3.63, 3.8) is 0 Å². The van der Waals surface area contributed by atoms with Crippen molar-refractivity contribution in [3.05, 3.63) is 12.7 Å². The van der Waals surface area contributed by atoms with Gasteiger partial charge in [0, 0.05) is 0 Å². The second kappa shape index (κ2) is 3.23. The summed E-state index contributed by atoms with van der Waals surface area (Å²) in [5.41, 5.74) is -0.785. The third-order valence-corrected chi connectivity index (χ3v) is 3.44. The van der Waals surface area contributed by atoms with Gasteiger partial charge in [-0.3, -0.25) is 9.59 Å². The SMILES string of the molecule is C=CCC1CCCCC12C(=O)OC2=O. The third kappa shape index (κ3) is 1.04. The van der Waals surface area contributed by atoms with E-state index in [1.165, 1.54) is 0 Å². The minimum absolute atomic E-state index is 0.127. The average Bonchev–Trinajstić information content (AvgIpc) is 2.19. The second-order valence-corrected chi connectivity index (χ2v) is 4.12. The smallest absolute Gasteiger partial charge is 0.331 e.